The van der Waals surface area contributed by atoms with Crippen LogP contribution in [0.4, 0.5) is 4.39 Å². The second kappa shape index (κ2) is 6.81. The predicted molar refractivity (Wildman–Crippen MR) is 75.3 cm³/mol. The molecule has 108 valence electrons. The molecule has 1 N–H and O–H groups in total. The number of nitrogens with one attached hydrogen (secondary N) is 1. The SMILES string of the molecule is Cl.Fc1cccc(Cc2noc([C@H]3CCCCN3)n2)c1. The van der Waals surface area contributed by atoms with Crippen LogP contribution in [-0.2, 0) is 6.42 Å². The van der Waals surface area contributed by atoms with Gasteiger partial charge in [-0.1, -0.05) is 23.7 Å². The molecule has 0 aliphatic carbocycles. The molecule has 6 heteroatoms. The molecular formula is C14H17ClFN3O. The van der Waals surface area contributed by atoms with Crippen LogP contribution in [0.1, 0.15) is 42.6 Å². The van der Waals surface area contributed by atoms with Gasteiger partial charge in [0.15, 0.2) is 5.82 Å². The number of hydrogen-bond donors (Lipinski definition) is 1. The molecule has 1 atom stereocenters. The summed E-state index contributed by atoms with van der Waals surface area (Å²) in [6.45, 7) is 0.992. The third-order valence-electron chi connectivity index (χ3n) is 3.34. The first-order valence-electron chi connectivity index (χ1n) is 6.61. The molecule has 2 aromatic rings. The summed E-state index contributed by atoms with van der Waals surface area (Å²) in [6, 6.07) is 6.64. The summed E-state index contributed by atoms with van der Waals surface area (Å²) < 4.78 is 18.4. The zero-order chi connectivity index (χ0) is 13.1. The van der Waals surface area contributed by atoms with Crippen LogP contribution in [0.15, 0.2) is 28.8 Å². The second-order valence-electron chi connectivity index (χ2n) is 4.86. The summed E-state index contributed by atoms with van der Waals surface area (Å²) in [7, 11) is 0. The lowest BCUT2D eigenvalue weighted by atomic mass is 10.1. The molecule has 0 spiro atoms. The molecule has 0 saturated carbocycles. The van der Waals surface area contributed by atoms with Gasteiger partial charge in [0.25, 0.3) is 0 Å². The Balaban J connectivity index is 0.00000147. The fourth-order valence-corrected chi connectivity index (χ4v) is 2.37. The minimum Gasteiger partial charge on any atom is -0.338 e. The molecule has 1 aliphatic rings. The smallest absolute Gasteiger partial charge is 0.243 e. The molecule has 3 rings (SSSR count). The number of aromatic nitrogens is 2. The Hall–Kier alpha value is -1.46. The zero-order valence-corrected chi connectivity index (χ0v) is 11.8. The van der Waals surface area contributed by atoms with Crippen molar-refractivity contribution in [3.63, 3.8) is 0 Å². The van der Waals surface area contributed by atoms with Crippen molar-refractivity contribution in [2.45, 2.75) is 31.7 Å². The van der Waals surface area contributed by atoms with E-state index in [9.17, 15) is 4.39 Å². The number of piperidine rings is 1. The Labute approximate surface area is 123 Å². The van der Waals surface area contributed by atoms with Gasteiger partial charge in [-0.15, -0.1) is 12.4 Å². The van der Waals surface area contributed by atoms with Crippen LogP contribution in [0.25, 0.3) is 0 Å². The Morgan fingerprint density at radius 1 is 1.35 bits per heavy atom. The van der Waals surface area contributed by atoms with Gasteiger partial charge in [-0.2, -0.15) is 4.98 Å². The molecule has 2 heterocycles. The average Bonchev–Trinajstić information content (AvgIpc) is 2.88. The van der Waals surface area contributed by atoms with Crippen LogP contribution in [-0.4, -0.2) is 16.7 Å². The van der Waals surface area contributed by atoms with Crippen molar-refractivity contribution in [1.29, 1.82) is 0 Å². The largest absolute Gasteiger partial charge is 0.338 e. The van der Waals surface area contributed by atoms with Crippen LogP contribution in [0.5, 0.6) is 0 Å². The standard InChI is InChI=1S/C14H16FN3O.ClH/c15-11-5-3-4-10(8-11)9-13-17-14(19-18-13)12-6-1-2-7-16-12;/h3-5,8,12,16H,1-2,6-7,9H2;1H/t12-;/m1./s1. The van der Waals surface area contributed by atoms with Crippen molar-refractivity contribution in [1.82, 2.24) is 15.5 Å². The summed E-state index contributed by atoms with van der Waals surface area (Å²) in [4.78, 5) is 4.40. The Kier molecular flexibility index (Phi) is 5.09. The first-order valence-corrected chi connectivity index (χ1v) is 6.61. The summed E-state index contributed by atoms with van der Waals surface area (Å²) in [5.41, 5.74) is 0.851. The molecule has 0 unspecified atom stereocenters. The third-order valence-corrected chi connectivity index (χ3v) is 3.34. The van der Waals surface area contributed by atoms with Gasteiger partial charge in [-0.25, -0.2) is 4.39 Å². The summed E-state index contributed by atoms with van der Waals surface area (Å²) >= 11 is 0. The van der Waals surface area contributed by atoms with Crippen molar-refractivity contribution in [3.8, 4) is 0 Å². The minimum atomic E-state index is -0.241. The Morgan fingerprint density at radius 3 is 3.00 bits per heavy atom. The molecule has 1 aromatic carbocycles. The first-order chi connectivity index (χ1) is 9.31. The maximum atomic E-state index is 13.1. The van der Waals surface area contributed by atoms with E-state index in [4.69, 9.17) is 4.52 Å². The Bertz CT molecular complexity index is 555. The van der Waals surface area contributed by atoms with Gasteiger partial charge in [-0.05, 0) is 37.1 Å². The maximum Gasteiger partial charge on any atom is 0.243 e. The molecule has 0 bridgehead atoms. The maximum absolute atomic E-state index is 13.1. The van der Waals surface area contributed by atoms with E-state index in [1.165, 1.54) is 25.0 Å². The van der Waals surface area contributed by atoms with E-state index in [0.29, 0.717) is 18.1 Å². The third kappa shape index (κ3) is 3.55. The van der Waals surface area contributed by atoms with Crippen molar-refractivity contribution in [3.05, 3.63) is 47.4 Å². The van der Waals surface area contributed by atoms with E-state index >= 15 is 0 Å². The molecule has 1 saturated heterocycles. The van der Waals surface area contributed by atoms with E-state index in [-0.39, 0.29) is 24.3 Å². The van der Waals surface area contributed by atoms with Crippen LogP contribution in [0.3, 0.4) is 0 Å². The van der Waals surface area contributed by atoms with Gasteiger partial charge >= 0.3 is 0 Å². The van der Waals surface area contributed by atoms with Crippen molar-refractivity contribution in [2.24, 2.45) is 0 Å². The first kappa shape index (κ1) is 14.9. The second-order valence-corrected chi connectivity index (χ2v) is 4.86. The van der Waals surface area contributed by atoms with Gasteiger partial charge in [0.2, 0.25) is 5.89 Å². The van der Waals surface area contributed by atoms with Gasteiger partial charge in [0.05, 0.1) is 6.04 Å². The highest BCUT2D eigenvalue weighted by molar-refractivity contribution is 5.85. The van der Waals surface area contributed by atoms with Gasteiger partial charge in [0, 0.05) is 6.42 Å². The Morgan fingerprint density at radius 2 is 2.25 bits per heavy atom. The van der Waals surface area contributed by atoms with Crippen LogP contribution in [0, 0.1) is 5.82 Å². The fraction of sp³-hybridized carbons (Fsp3) is 0.429. The van der Waals surface area contributed by atoms with E-state index < -0.39 is 0 Å². The normalized spacial score (nSPS) is 18.6. The average molecular weight is 298 g/mol. The fourth-order valence-electron chi connectivity index (χ4n) is 2.37. The zero-order valence-electron chi connectivity index (χ0n) is 11.0. The summed E-state index contributed by atoms with van der Waals surface area (Å²) in [5, 5.41) is 7.33. The van der Waals surface area contributed by atoms with Crippen LogP contribution >= 0.6 is 12.4 Å². The number of halogens is 2. The van der Waals surface area contributed by atoms with E-state index in [0.717, 1.165) is 18.5 Å². The van der Waals surface area contributed by atoms with Gasteiger partial charge in [0.1, 0.15) is 5.82 Å². The molecule has 20 heavy (non-hydrogen) atoms. The van der Waals surface area contributed by atoms with Crippen molar-refractivity contribution >= 4 is 12.4 Å². The molecular weight excluding hydrogens is 281 g/mol. The monoisotopic (exact) mass is 297 g/mol. The van der Waals surface area contributed by atoms with Crippen LogP contribution in [0.2, 0.25) is 0 Å². The summed E-state index contributed by atoms with van der Waals surface area (Å²) in [6.07, 6.45) is 3.90. The molecule has 0 radical (unpaired) electrons. The van der Waals surface area contributed by atoms with E-state index in [2.05, 4.69) is 15.5 Å². The molecule has 1 aliphatic heterocycles. The minimum absolute atomic E-state index is 0. The highest BCUT2D eigenvalue weighted by Crippen LogP contribution is 2.21. The predicted octanol–water partition coefficient (Wildman–Crippen LogP) is 3.04. The van der Waals surface area contributed by atoms with E-state index in [1.54, 1.807) is 6.07 Å². The highest BCUT2D eigenvalue weighted by atomic mass is 35.5. The number of rotatable bonds is 3. The number of nitrogens with zero attached hydrogens (tertiary/aromatic N) is 2. The van der Waals surface area contributed by atoms with Crippen molar-refractivity contribution in [2.75, 3.05) is 6.54 Å². The lowest BCUT2D eigenvalue weighted by Crippen LogP contribution is -2.27. The van der Waals surface area contributed by atoms with Crippen LogP contribution < -0.4 is 5.32 Å². The molecule has 1 aromatic heterocycles. The molecule has 0 amide bonds. The molecule has 4 nitrogen and oxygen atoms in total. The lowest BCUT2D eigenvalue weighted by Gasteiger charge is -2.19. The number of hydrogen-bond acceptors (Lipinski definition) is 4. The number of benzene rings is 1. The van der Waals surface area contributed by atoms with Crippen molar-refractivity contribution < 1.29 is 8.91 Å². The lowest BCUT2D eigenvalue weighted by molar-refractivity contribution is 0.296. The topological polar surface area (TPSA) is 51.0 Å². The van der Waals surface area contributed by atoms with E-state index in [1.807, 2.05) is 6.07 Å². The molecule has 1 fully saturated rings. The highest BCUT2D eigenvalue weighted by Gasteiger charge is 2.20. The quantitative estimate of drug-likeness (QED) is 0.946. The van der Waals surface area contributed by atoms with Gasteiger partial charge in [-0.3, -0.25) is 0 Å². The van der Waals surface area contributed by atoms with Gasteiger partial charge < -0.3 is 9.84 Å². The summed E-state index contributed by atoms with van der Waals surface area (Å²) in [5.74, 6) is 1.01.